The normalized spacial score (nSPS) is 19.4. The number of hydrogen-bond acceptors (Lipinski definition) is 3. The van der Waals surface area contributed by atoms with Crippen molar-refractivity contribution in [1.82, 2.24) is 10.2 Å². The molecule has 1 unspecified atom stereocenters. The molecule has 1 saturated heterocycles. The summed E-state index contributed by atoms with van der Waals surface area (Å²) in [5, 5.41) is 6.94. The monoisotopic (exact) mass is 309 g/mol. The number of anilines is 1. The summed E-state index contributed by atoms with van der Waals surface area (Å²) < 4.78 is 0. The Hall–Kier alpha value is -1.10. The first-order chi connectivity index (χ1) is 10.2. The van der Waals surface area contributed by atoms with E-state index >= 15 is 0 Å². The summed E-state index contributed by atoms with van der Waals surface area (Å²) >= 11 is 5.93. The Morgan fingerprint density at radius 3 is 3.05 bits per heavy atom. The molecule has 0 aromatic heterocycles. The Morgan fingerprint density at radius 1 is 1.43 bits per heavy atom. The molecular weight excluding hydrogens is 286 g/mol. The zero-order chi connectivity index (χ0) is 15.1. The van der Waals surface area contributed by atoms with Gasteiger partial charge >= 0.3 is 0 Å². The zero-order valence-corrected chi connectivity index (χ0v) is 13.3. The summed E-state index contributed by atoms with van der Waals surface area (Å²) in [5.41, 5.74) is 0.757. The minimum Gasteiger partial charge on any atom is -0.325 e. The molecule has 116 valence electrons. The van der Waals surface area contributed by atoms with Crippen LogP contribution in [-0.4, -0.2) is 43.0 Å². The second kappa shape index (κ2) is 8.37. The average molecular weight is 310 g/mol. The number of nitrogens with zero attached hydrogens (tertiary/aromatic N) is 1. The van der Waals surface area contributed by atoms with Crippen LogP contribution in [0.4, 0.5) is 5.69 Å². The first-order valence-corrected chi connectivity index (χ1v) is 8.07. The first kappa shape index (κ1) is 16.3. The van der Waals surface area contributed by atoms with Crippen LogP contribution in [0.3, 0.4) is 0 Å². The van der Waals surface area contributed by atoms with Gasteiger partial charge in [-0.25, -0.2) is 0 Å². The summed E-state index contributed by atoms with van der Waals surface area (Å²) in [6.07, 6.45) is 3.59. The van der Waals surface area contributed by atoms with Crippen molar-refractivity contribution in [2.24, 2.45) is 0 Å². The Kier molecular flexibility index (Phi) is 6.49. The SMILES string of the molecule is CCNCC1CCCCN1CC(=O)Nc1cccc(Cl)c1. The Labute approximate surface area is 131 Å². The molecule has 1 aromatic carbocycles. The lowest BCUT2D eigenvalue weighted by atomic mass is 10.0. The second-order valence-electron chi connectivity index (χ2n) is 5.49. The number of halogens is 1. The van der Waals surface area contributed by atoms with Gasteiger partial charge in [-0.3, -0.25) is 9.69 Å². The summed E-state index contributed by atoms with van der Waals surface area (Å²) in [4.78, 5) is 14.5. The van der Waals surface area contributed by atoms with Gasteiger partial charge in [-0.05, 0) is 44.1 Å². The van der Waals surface area contributed by atoms with E-state index in [-0.39, 0.29) is 5.91 Å². The van der Waals surface area contributed by atoms with Gasteiger partial charge in [0.1, 0.15) is 0 Å². The van der Waals surface area contributed by atoms with Crippen molar-refractivity contribution in [3.05, 3.63) is 29.3 Å². The molecule has 0 saturated carbocycles. The molecule has 1 aliphatic heterocycles. The molecule has 2 N–H and O–H groups in total. The fourth-order valence-corrected chi connectivity index (χ4v) is 2.95. The Morgan fingerprint density at radius 2 is 2.29 bits per heavy atom. The number of likely N-dealkylation sites (tertiary alicyclic amines) is 1. The van der Waals surface area contributed by atoms with Gasteiger partial charge in [0, 0.05) is 23.3 Å². The third kappa shape index (κ3) is 5.30. The van der Waals surface area contributed by atoms with Gasteiger partial charge in [-0.2, -0.15) is 0 Å². The van der Waals surface area contributed by atoms with E-state index in [4.69, 9.17) is 11.6 Å². The number of likely N-dealkylation sites (N-methyl/N-ethyl adjacent to an activating group) is 1. The fourth-order valence-electron chi connectivity index (χ4n) is 2.76. The van der Waals surface area contributed by atoms with Crippen molar-refractivity contribution in [3.63, 3.8) is 0 Å². The molecule has 1 aliphatic rings. The standard InChI is InChI=1S/C16H24ClN3O/c1-2-18-11-15-8-3-4-9-20(15)12-16(21)19-14-7-5-6-13(17)10-14/h5-7,10,15,18H,2-4,8-9,11-12H2,1H3,(H,19,21). The summed E-state index contributed by atoms with van der Waals surface area (Å²) in [6.45, 7) is 5.49. The van der Waals surface area contributed by atoms with Crippen LogP contribution in [0, 0.1) is 0 Å². The highest BCUT2D eigenvalue weighted by molar-refractivity contribution is 6.30. The van der Waals surface area contributed by atoms with Crippen LogP contribution in [0.25, 0.3) is 0 Å². The van der Waals surface area contributed by atoms with Crippen LogP contribution in [0.1, 0.15) is 26.2 Å². The zero-order valence-electron chi connectivity index (χ0n) is 12.6. The van der Waals surface area contributed by atoms with E-state index in [1.165, 1.54) is 12.8 Å². The van der Waals surface area contributed by atoms with Crippen molar-refractivity contribution in [2.75, 3.05) is 31.5 Å². The number of piperidine rings is 1. The number of benzene rings is 1. The third-order valence-corrected chi connectivity index (χ3v) is 4.07. The van der Waals surface area contributed by atoms with Gasteiger partial charge in [0.2, 0.25) is 5.91 Å². The third-order valence-electron chi connectivity index (χ3n) is 3.83. The maximum absolute atomic E-state index is 12.2. The summed E-state index contributed by atoms with van der Waals surface area (Å²) in [6, 6.07) is 7.73. The number of carbonyl (C=O) groups excluding carboxylic acids is 1. The maximum Gasteiger partial charge on any atom is 0.238 e. The first-order valence-electron chi connectivity index (χ1n) is 7.69. The summed E-state index contributed by atoms with van der Waals surface area (Å²) in [7, 11) is 0. The molecule has 4 nitrogen and oxygen atoms in total. The van der Waals surface area contributed by atoms with Crippen LogP contribution < -0.4 is 10.6 Å². The summed E-state index contributed by atoms with van der Waals surface area (Å²) in [5.74, 6) is 0.0284. The Balaban J connectivity index is 1.87. The lowest BCUT2D eigenvalue weighted by molar-refractivity contribution is -0.118. The van der Waals surface area contributed by atoms with E-state index in [9.17, 15) is 4.79 Å². The van der Waals surface area contributed by atoms with E-state index in [0.29, 0.717) is 17.6 Å². The minimum absolute atomic E-state index is 0.0284. The number of carbonyl (C=O) groups is 1. The second-order valence-corrected chi connectivity index (χ2v) is 5.92. The van der Waals surface area contributed by atoms with E-state index in [2.05, 4.69) is 22.5 Å². The molecule has 0 spiro atoms. The van der Waals surface area contributed by atoms with E-state index in [0.717, 1.165) is 31.7 Å². The molecule has 0 bridgehead atoms. The van der Waals surface area contributed by atoms with Gasteiger partial charge in [0.15, 0.2) is 0 Å². The van der Waals surface area contributed by atoms with E-state index in [1.54, 1.807) is 12.1 Å². The molecule has 0 radical (unpaired) electrons. The molecule has 5 heteroatoms. The minimum atomic E-state index is 0.0284. The quantitative estimate of drug-likeness (QED) is 0.849. The predicted molar refractivity (Wildman–Crippen MR) is 87.8 cm³/mol. The van der Waals surface area contributed by atoms with Crippen LogP contribution in [-0.2, 0) is 4.79 Å². The highest BCUT2D eigenvalue weighted by Crippen LogP contribution is 2.18. The molecule has 1 heterocycles. The molecule has 0 aliphatic carbocycles. The predicted octanol–water partition coefficient (Wildman–Crippen LogP) is 2.74. The smallest absolute Gasteiger partial charge is 0.238 e. The topological polar surface area (TPSA) is 44.4 Å². The van der Waals surface area contributed by atoms with Gasteiger partial charge in [0.05, 0.1) is 6.54 Å². The van der Waals surface area contributed by atoms with Crippen LogP contribution in [0.2, 0.25) is 5.02 Å². The molecule has 1 atom stereocenters. The van der Waals surface area contributed by atoms with Crippen LogP contribution in [0.5, 0.6) is 0 Å². The van der Waals surface area contributed by atoms with Crippen molar-refractivity contribution in [3.8, 4) is 0 Å². The van der Waals surface area contributed by atoms with Crippen molar-refractivity contribution in [2.45, 2.75) is 32.2 Å². The van der Waals surface area contributed by atoms with E-state index < -0.39 is 0 Å². The molecule has 1 fully saturated rings. The van der Waals surface area contributed by atoms with Crippen molar-refractivity contribution >= 4 is 23.2 Å². The van der Waals surface area contributed by atoms with Gasteiger partial charge in [0.25, 0.3) is 0 Å². The molecule has 2 rings (SSSR count). The maximum atomic E-state index is 12.2. The number of rotatable bonds is 6. The van der Waals surface area contributed by atoms with Gasteiger partial charge < -0.3 is 10.6 Å². The fraction of sp³-hybridized carbons (Fsp3) is 0.562. The molecule has 1 amide bonds. The van der Waals surface area contributed by atoms with Crippen molar-refractivity contribution < 1.29 is 4.79 Å². The largest absolute Gasteiger partial charge is 0.325 e. The lowest BCUT2D eigenvalue weighted by Gasteiger charge is -2.35. The molecular formula is C16H24ClN3O. The van der Waals surface area contributed by atoms with Gasteiger partial charge in [-0.1, -0.05) is 31.0 Å². The van der Waals surface area contributed by atoms with Gasteiger partial charge in [-0.15, -0.1) is 0 Å². The highest BCUT2D eigenvalue weighted by Gasteiger charge is 2.23. The Bertz CT molecular complexity index is 467. The molecule has 21 heavy (non-hydrogen) atoms. The van der Waals surface area contributed by atoms with Crippen LogP contribution >= 0.6 is 11.6 Å². The lowest BCUT2D eigenvalue weighted by Crippen LogP contribution is -2.48. The number of nitrogens with one attached hydrogen (secondary N) is 2. The number of amides is 1. The van der Waals surface area contributed by atoms with E-state index in [1.807, 2.05) is 12.1 Å². The number of hydrogen-bond donors (Lipinski definition) is 2. The highest BCUT2D eigenvalue weighted by atomic mass is 35.5. The van der Waals surface area contributed by atoms with Crippen molar-refractivity contribution in [1.29, 1.82) is 0 Å². The van der Waals surface area contributed by atoms with Crippen LogP contribution in [0.15, 0.2) is 24.3 Å². The molecule has 1 aromatic rings. The average Bonchev–Trinajstić information content (AvgIpc) is 2.46.